The first-order valence-corrected chi connectivity index (χ1v) is 16.2. The monoisotopic (exact) mass is 662 g/mol. The Morgan fingerprint density at radius 2 is 1.06 bits per heavy atom. The van der Waals surface area contributed by atoms with E-state index in [0.29, 0.717) is 17.7 Å². The van der Waals surface area contributed by atoms with Crippen LogP contribution >= 0.6 is 0 Å². The minimum absolute atomic E-state index is 0.0274. The molecule has 0 radical (unpaired) electrons. The molecule has 0 N–H and O–H groups in total. The third kappa shape index (κ3) is 9.09. The molecule has 0 aliphatic rings. The summed E-state index contributed by atoms with van der Waals surface area (Å²) in [6.07, 6.45) is 0.0406. The third-order valence-corrected chi connectivity index (χ3v) is 8.79. The molecule has 0 saturated heterocycles. The van der Waals surface area contributed by atoms with Gasteiger partial charge in [0.25, 0.3) is 0 Å². The van der Waals surface area contributed by atoms with Crippen molar-refractivity contribution in [3.05, 3.63) is 131 Å². The van der Waals surface area contributed by atoms with E-state index >= 15 is 0 Å². The Morgan fingerprint density at radius 1 is 0.653 bits per heavy atom. The third-order valence-electron chi connectivity index (χ3n) is 8.79. The van der Waals surface area contributed by atoms with Gasteiger partial charge in [0.1, 0.15) is 17.5 Å². The summed E-state index contributed by atoms with van der Waals surface area (Å²) in [7, 11) is 1.17. The Bertz CT molecular complexity index is 1640. The number of imide groups is 1. The van der Waals surface area contributed by atoms with Gasteiger partial charge in [-0.05, 0) is 65.8 Å². The van der Waals surface area contributed by atoms with E-state index < -0.39 is 24.2 Å². The summed E-state index contributed by atoms with van der Waals surface area (Å²) in [6, 6.07) is 32.6. The summed E-state index contributed by atoms with van der Waals surface area (Å²) >= 11 is 0. The van der Waals surface area contributed by atoms with Crippen LogP contribution in [0.15, 0.2) is 114 Å². The van der Waals surface area contributed by atoms with E-state index in [1.807, 2.05) is 84.9 Å². The van der Waals surface area contributed by atoms with Gasteiger partial charge in [0, 0.05) is 10.8 Å². The Kier molecular flexibility index (Phi) is 12.2. The number of ether oxygens (including phenoxy) is 3. The number of hydrogen-bond acceptors (Lipinski definition) is 8. The van der Waals surface area contributed by atoms with Crippen LogP contribution in [0.3, 0.4) is 0 Å². The van der Waals surface area contributed by atoms with Crippen molar-refractivity contribution >= 4 is 24.2 Å². The molecule has 254 valence electrons. The van der Waals surface area contributed by atoms with Crippen molar-refractivity contribution in [1.29, 1.82) is 0 Å². The second-order valence-corrected chi connectivity index (χ2v) is 12.6. The van der Waals surface area contributed by atoms with E-state index in [2.05, 4.69) is 32.7 Å². The number of rotatable bonds is 13. The highest BCUT2D eigenvalue weighted by Crippen LogP contribution is 2.34. The molecule has 0 spiro atoms. The number of aliphatic imine (C=N–C) groups is 1. The summed E-state index contributed by atoms with van der Waals surface area (Å²) in [4.78, 5) is 55.1. The lowest BCUT2D eigenvalue weighted by atomic mass is 9.78. The number of benzene rings is 4. The highest BCUT2D eigenvalue weighted by molar-refractivity contribution is 5.95. The number of carbonyl (C=O) groups is 3. The number of nitrogens with zero attached hydrogens (tertiary/aromatic N) is 2. The van der Waals surface area contributed by atoms with E-state index in [4.69, 9.17) is 14.2 Å². The molecule has 9 heteroatoms. The van der Waals surface area contributed by atoms with Crippen LogP contribution in [0.5, 0.6) is 11.5 Å². The van der Waals surface area contributed by atoms with Gasteiger partial charge in [-0.2, -0.15) is 4.90 Å². The van der Waals surface area contributed by atoms with Gasteiger partial charge in [-0.15, -0.1) is 0 Å². The Balaban J connectivity index is 1.58. The van der Waals surface area contributed by atoms with Crippen LogP contribution in [0.1, 0.15) is 69.2 Å². The van der Waals surface area contributed by atoms with Crippen molar-refractivity contribution in [3.63, 3.8) is 0 Å². The molecule has 0 saturated carbocycles. The highest BCUT2D eigenvalue weighted by Gasteiger charge is 2.38. The summed E-state index contributed by atoms with van der Waals surface area (Å²) in [5, 5.41) is 0. The van der Waals surface area contributed by atoms with Gasteiger partial charge in [-0.25, -0.2) is 24.2 Å². The molecule has 9 nitrogen and oxygen atoms in total. The van der Waals surface area contributed by atoms with Gasteiger partial charge in [-0.3, -0.25) is 0 Å². The van der Waals surface area contributed by atoms with E-state index in [1.54, 1.807) is 24.3 Å². The van der Waals surface area contributed by atoms with Crippen molar-refractivity contribution in [3.8, 4) is 11.5 Å². The molecule has 0 fully saturated rings. The Labute approximate surface area is 287 Å². The number of isocyanates is 1. The maximum absolute atomic E-state index is 13.7. The minimum Gasteiger partial charge on any atom is -0.467 e. The maximum Gasteiger partial charge on any atom is 0.425 e. The van der Waals surface area contributed by atoms with Crippen molar-refractivity contribution in [2.24, 2.45) is 4.99 Å². The summed E-state index contributed by atoms with van der Waals surface area (Å²) < 4.78 is 16.3. The quantitative estimate of drug-likeness (QED) is 0.0612. The van der Waals surface area contributed by atoms with E-state index in [0.717, 1.165) is 22.3 Å². The normalized spacial score (nSPS) is 11.9. The summed E-state index contributed by atoms with van der Waals surface area (Å²) in [6.45, 7) is 8.56. The molecule has 4 aromatic carbocycles. The van der Waals surface area contributed by atoms with Crippen LogP contribution in [0.25, 0.3) is 0 Å². The van der Waals surface area contributed by atoms with Crippen LogP contribution in [-0.2, 0) is 25.2 Å². The second-order valence-electron chi connectivity index (χ2n) is 12.6. The first-order valence-electron chi connectivity index (χ1n) is 16.2. The SMILES string of the molecule is COC(=O)C(CCCCN=C=O)N(C(=O)Oc1ccc(C(C)(C)c2ccccc2)cc1)C(=O)Oc1ccc(C(C)(C)c2ccccc2)cc1. The summed E-state index contributed by atoms with van der Waals surface area (Å²) in [5.41, 5.74) is 3.55. The first kappa shape index (κ1) is 36.3. The number of amides is 2. The molecule has 0 aliphatic carbocycles. The first-order chi connectivity index (χ1) is 23.5. The van der Waals surface area contributed by atoms with Crippen LogP contribution in [-0.4, -0.2) is 48.8 Å². The molecule has 4 aromatic rings. The lowest BCUT2D eigenvalue weighted by Crippen LogP contribution is -2.51. The van der Waals surface area contributed by atoms with Crippen LogP contribution in [0.2, 0.25) is 0 Å². The average Bonchev–Trinajstić information content (AvgIpc) is 3.11. The lowest BCUT2D eigenvalue weighted by Gasteiger charge is -2.28. The maximum atomic E-state index is 13.7. The highest BCUT2D eigenvalue weighted by atomic mass is 16.6. The van der Waals surface area contributed by atoms with Crippen molar-refractivity contribution in [2.45, 2.75) is 63.8 Å². The number of esters is 1. The molecule has 0 aromatic heterocycles. The second kappa shape index (κ2) is 16.5. The van der Waals surface area contributed by atoms with Gasteiger partial charge >= 0.3 is 18.2 Å². The lowest BCUT2D eigenvalue weighted by molar-refractivity contribution is -0.145. The molecule has 49 heavy (non-hydrogen) atoms. The van der Waals surface area contributed by atoms with Gasteiger partial charge in [0.15, 0.2) is 0 Å². The Hall–Kier alpha value is -5.53. The van der Waals surface area contributed by atoms with E-state index in [9.17, 15) is 19.2 Å². The fourth-order valence-electron chi connectivity index (χ4n) is 5.61. The molecule has 4 rings (SSSR count). The van der Waals surface area contributed by atoms with Crippen molar-refractivity contribution in [1.82, 2.24) is 4.90 Å². The zero-order valence-corrected chi connectivity index (χ0v) is 28.6. The fraction of sp³-hybridized carbons (Fsp3) is 0.300. The van der Waals surface area contributed by atoms with Crippen molar-refractivity contribution < 1.29 is 33.4 Å². The van der Waals surface area contributed by atoms with E-state index in [-0.39, 0.29) is 35.3 Å². The number of unbranched alkanes of at least 4 members (excludes halogenated alkanes) is 1. The fourth-order valence-corrected chi connectivity index (χ4v) is 5.61. The molecular formula is C40H42N2O7. The average molecular weight is 663 g/mol. The molecule has 1 atom stereocenters. The Morgan fingerprint density at radius 3 is 1.45 bits per heavy atom. The van der Waals surface area contributed by atoms with Crippen LogP contribution in [0, 0.1) is 0 Å². The van der Waals surface area contributed by atoms with Gasteiger partial charge in [-0.1, -0.05) is 113 Å². The van der Waals surface area contributed by atoms with Crippen molar-refractivity contribution in [2.75, 3.05) is 13.7 Å². The molecular weight excluding hydrogens is 620 g/mol. The zero-order chi connectivity index (χ0) is 35.4. The smallest absolute Gasteiger partial charge is 0.425 e. The van der Waals surface area contributed by atoms with E-state index in [1.165, 1.54) is 13.2 Å². The minimum atomic E-state index is -1.36. The van der Waals surface area contributed by atoms with Gasteiger partial charge in [0.05, 0.1) is 13.7 Å². The van der Waals surface area contributed by atoms with Gasteiger partial charge < -0.3 is 14.2 Å². The number of methoxy groups -OCH3 is 1. The van der Waals surface area contributed by atoms with Crippen LogP contribution < -0.4 is 9.47 Å². The molecule has 0 heterocycles. The predicted octanol–water partition coefficient (Wildman–Crippen LogP) is 8.39. The number of hydrogen-bond donors (Lipinski definition) is 0. The number of carbonyl (C=O) groups excluding carboxylic acids is 4. The zero-order valence-electron chi connectivity index (χ0n) is 28.6. The molecule has 0 aliphatic heterocycles. The molecule has 2 amide bonds. The topological polar surface area (TPSA) is 112 Å². The van der Waals surface area contributed by atoms with Gasteiger partial charge in [0.2, 0.25) is 6.08 Å². The largest absolute Gasteiger partial charge is 0.467 e. The van der Waals surface area contributed by atoms with Crippen LogP contribution in [0.4, 0.5) is 9.59 Å². The molecule has 0 bridgehead atoms. The predicted molar refractivity (Wildman–Crippen MR) is 187 cm³/mol. The summed E-state index contributed by atoms with van der Waals surface area (Å²) in [5.74, 6) is -0.480. The molecule has 1 unspecified atom stereocenters. The standard InChI is InChI=1S/C40H42N2O7/c1-39(2,29-14-8-6-9-15-29)31-19-23-33(24-20-31)48-37(45)42(35(36(44)47-5)18-12-13-27-41-28-43)38(46)49-34-25-21-32(22-26-34)40(3,4)30-16-10-7-11-17-30/h6-11,14-17,19-26,35H,12-13,18,27H2,1-5H3.